The first kappa shape index (κ1) is 16.7. The molecule has 126 valence electrons. The lowest BCUT2D eigenvalue weighted by Gasteiger charge is -2.41. The first-order chi connectivity index (χ1) is 11.1. The number of hydrogen-bond donors (Lipinski definition) is 2. The fraction of sp³-hybridized carbons (Fsp3) is 0.588. The minimum Gasteiger partial charge on any atom is -0.389 e. The Kier molecular flexibility index (Phi) is 5.21. The van der Waals surface area contributed by atoms with Gasteiger partial charge in [-0.3, -0.25) is 4.79 Å². The summed E-state index contributed by atoms with van der Waals surface area (Å²) in [5, 5.41) is 15.0. The van der Waals surface area contributed by atoms with E-state index in [1.807, 2.05) is 17.0 Å². The Balaban J connectivity index is 1.93. The van der Waals surface area contributed by atoms with Crippen LogP contribution < -0.4 is 5.32 Å². The van der Waals surface area contributed by atoms with Crippen LogP contribution in [0.2, 0.25) is 5.02 Å². The predicted octanol–water partition coefficient (Wildman–Crippen LogP) is 1.40. The van der Waals surface area contributed by atoms with Crippen molar-refractivity contribution in [1.29, 1.82) is 0 Å². The molecule has 0 radical (unpaired) electrons. The zero-order valence-electron chi connectivity index (χ0n) is 13.1. The van der Waals surface area contributed by atoms with E-state index >= 15 is 0 Å². The summed E-state index contributed by atoms with van der Waals surface area (Å²) in [6.45, 7) is 3.86. The van der Waals surface area contributed by atoms with E-state index in [4.69, 9.17) is 16.3 Å². The molecular weight excluding hydrogens is 316 g/mol. The molecule has 1 aromatic rings. The van der Waals surface area contributed by atoms with Crippen LogP contribution in [-0.2, 0) is 9.53 Å². The van der Waals surface area contributed by atoms with Crippen LogP contribution >= 0.6 is 11.6 Å². The zero-order valence-corrected chi connectivity index (χ0v) is 13.9. The van der Waals surface area contributed by atoms with E-state index in [1.54, 1.807) is 12.1 Å². The average molecular weight is 339 g/mol. The van der Waals surface area contributed by atoms with E-state index in [2.05, 4.69) is 5.32 Å². The monoisotopic (exact) mass is 338 g/mol. The van der Waals surface area contributed by atoms with Crippen LogP contribution in [0, 0.1) is 0 Å². The minimum atomic E-state index is -1.08. The summed E-state index contributed by atoms with van der Waals surface area (Å²) in [7, 11) is 0. The molecule has 0 saturated carbocycles. The van der Waals surface area contributed by atoms with Crippen molar-refractivity contribution in [3.05, 3.63) is 34.9 Å². The average Bonchev–Trinajstić information content (AvgIpc) is 2.56. The summed E-state index contributed by atoms with van der Waals surface area (Å²) < 4.78 is 5.38. The maximum absolute atomic E-state index is 13.2. The Morgan fingerprint density at radius 1 is 1.30 bits per heavy atom. The Hall–Kier alpha value is -1.14. The minimum absolute atomic E-state index is 0.0156. The number of hydrogen-bond acceptors (Lipinski definition) is 4. The summed E-state index contributed by atoms with van der Waals surface area (Å²) in [6.07, 6.45) is 0.921. The van der Waals surface area contributed by atoms with Crippen molar-refractivity contribution in [3.63, 3.8) is 0 Å². The van der Waals surface area contributed by atoms with E-state index in [0.29, 0.717) is 44.2 Å². The molecule has 1 atom stereocenters. The molecule has 0 aromatic heterocycles. The van der Waals surface area contributed by atoms with Crippen LogP contribution in [0.3, 0.4) is 0 Å². The molecule has 2 aliphatic heterocycles. The van der Waals surface area contributed by atoms with Crippen molar-refractivity contribution < 1.29 is 14.6 Å². The Labute approximate surface area is 141 Å². The van der Waals surface area contributed by atoms with Gasteiger partial charge in [-0.2, -0.15) is 0 Å². The molecule has 0 aliphatic carbocycles. The van der Waals surface area contributed by atoms with Crippen molar-refractivity contribution in [2.45, 2.75) is 24.4 Å². The van der Waals surface area contributed by atoms with E-state index < -0.39 is 11.5 Å². The topological polar surface area (TPSA) is 61.8 Å². The van der Waals surface area contributed by atoms with Gasteiger partial charge in [0.1, 0.15) is 0 Å². The highest BCUT2D eigenvalue weighted by molar-refractivity contribution is 6.30. The highest BCUT2D eigenvalue weighted by atomic mass is 35.5. The highest BCUT2D eigenvalue weighted by Crippen LogP contribution is 2.38. The largest absolute Gasteiger partial charge is 0.389 e. The smallest absolute Gasteiger partial charge is 0.233 e. The third-order valence-corrected chi connectivity index (χ3v) is 4.99. The second kappa shape index (κ2) is 7.18. The molecule has 6 heteroatoms. The molecule has 2 heterocycles. The molecule has 2 aliphatic rings. The van der Waals surface area contributed by atoms with Gasteiger partial charge >= 0.3 is 0 Å². The van der Waals surface area contributed by atoms with Crippen LogP contribution in [0.1, 0.15) is 24.3 Å². The molecule has 5 nitrogen and oxygen atoms in total. The van der Waals surface area contributed by atoms with Gasteiger partial charge in [0.15, 0.2) is 0 Å². The number of ether oxygens (including phenoxy) is 1. The first-order valence-corrected chi connectivity index (χ1v) is 8.53. The molecule has 2 saturated heterocycles. The zero-order chi connectivity index (χ0) is 16.3. The van der Waals surface area contributed by atoms with Crippen LogP contribution in [0.15, 0.2) is 24.3 Å². The van der Waals surface area contributed by atoms with Gasteiger partial charge in [0.05, 0.1) is 11.5 Å². The van der Waals surface area contributed by atoms with E-state index in [1.165, 1.54) is 0 Å². The third kappa shape index (κ3) is 3.69. The number of amides is 1. The molecule has 2 fully saturated rings. The van der Waals surface area contributed by atoms with Crippen molar-refractivity contribution in [2.24, 2.45) is 0 Å². The van der Waals surface area contributed by atoms with E-state index in [9.17, 15) is 9.90 Å². The van der Waals surface area contributed by atoms with Crippen LogP contribution in [-0.4, -0.2) is 60.9 Å². The SMILES string of the molecule is O=C(C(c1cccc(Cl)c1)C1(O)CCOCC1)N1CCNCC1. The number of nitrogens with one attached hydrogen (secondary N) is 1. The first-order valence-electron chi connectivity index (χ1n) is 8.15. The summed E-state index contributed by atoms with van der Waals surface area (Å²) in [5.41, 5.74) is -0.296. The Bertz CT molecular complexity index is 555. The van der Waals surface area contributed by atoms with Crippen molar-refractivity contribution in [2.75, 3.05) is 39.4 Å². The van der Waals surface area contributed by atoms with Gasteiger partial charge in [-0.25, -0.2) is 0 Å². The number of nitrogens with zero attached hydrogens (tertiary/aromatic N) is 1. The molecule has 1 amide bonds. The fourth-order valence-electron chi connectivity index (χ4n) is 3.45. The lowest BCUT2D eigenvalue weighted by Crippen LogP contribution is -2.53. The lowest BCUT2D eigenvalue weighted by molar-refractivity contribution is -0.146. The normalized spacial score (nSPS) is 22.6. The number of aliphatic hydroxyl groups is 1. The molecular formula is C17H23ClN2O3. The summed E-state index contributed by atoms with van der Waals surface area (Å²) >= 11 is 6.12. The third-order valence-electron chi connectivity index (χ3n) is 4.75. The van der Waals surface area contributed by atoms with E-state index in [0.717, 1.165) is 18.7 Å². The molecule has 3 rings (SSSR count). The summed E-state index contributed by atoms with van der Waals surface area (Å²) in [6, 6.07) is 7.29. The van der Waals surface area contributed by atoms with Gasteiger partial charge in [-0.15, -0.1) is 0 Å². The molecule has 1 unspecified atom stereocenters. The number of halogens is 1. The quantitative estimate of drug-likeness (QED) is 0.874. The lowest BCUT2D eigenvalue weighted by atomic mass is 9.76. The second-order valence-electron chi connectivity index (χ2n) is 6.28. The fourth-order valence-corrected chi connectivity index (χ4v) is 3.65. The maximum atomic E-state index is 13.2. The van der Waals surface area contributed by atoms with Gasteiger partial charge in [0.25, 0.3) is 0 Å². The van der Waals surface area contributed by atoms with Gasteiger partial charge < -0.3 is 20.1 Å². The summed E-state index contributed by atoms with van der Waals surface area (Å²) in [4.78, 5) is 15.0. The standard InChI is InChI=1S/C17H23ClN2O3/c18-14-3-1-2-13(12-14)15(17(22)4-10-23-11-5-17)16(21)20-8-6-19-7-9-20/h1-3,12,15,19,22H,4-11H2. The maximum Gasteiger partial charge on any atom is 0.233 e. The molecule has 0 spiro atoms. The number of rotatable bonds is 3. The summed E-state index contributed by atoms with van der Waals surface area (Å²) in [5.74, 6) is -0.610. The molecule has 23 heavy (non-hydrogen) atoms. The van der Waals surface area contributed by atoms with Gasteiger partial charge in [-0.1, -0.05) is 23.7 Å². The molecule has 2 N–H and O–H groups in total. The highest BCUT2D eigenvalue weighted by Gasteiger charge is 2.45. The molecule has 1 aromatic carbocycles. The number of benzene rings is 1. The Morgan fingerprint density at radius 2 is 2.00 bits per heavy atom. The van der Waals surface area contributed by atoms with E-state index in [-0.39, 0.29) is 5.91 Å². The van der Waals surface area contributed by atoms with Crippen LogP contribution in [0.5, 0.6) is 0 Å². The van der Waals surface area contributed by atoms with Crippen LogP contribution in [0.4, 0.5) is 0 Å². The van der Waals surface area contributed by atoms with Crippen molar-refractivity contribution in [3.8, 4) is 0 Å². The van der Waals surface area contributed by atoms with Crippen molar-refractivity contribution >= 4 is 17.5 Å². The van der Waals surface area contributed by atoms with Gasteiger partial charge in [-0.05, 0) is 17.7 Å². The molecule has 0 bridgehead atoms. The van der Waals surface area contributed by atoms with Gasteiger partial charge in [0.2, 0.25) is 5.91 Å². The van der Waals surface area contributed by atoms with Crippen molar-refractivity contribution in [1.82, 2.24) is 10.2 Å². The predicted molar refractivity (Wildman–Crippen MR) is 88.6 cm³/mol. The number of piperazine rings is 1. The Morgan fingerprint density at radius 3 is 2.65 bits per heavy atom. The number of carbonyl (C=O) groups excluding carboxylic acids is 1. The number of carbonyl (C=O) groups is 1. The van der Waals surface area contributed by atoms with Gasteiger partial charge in [0, 0.05) is 57.3 Å². The second-order valence-corrected chi connectivity index (χ2v) is 6.72. The van der Waals surface area contributed by atoms with Crippen LogP contribution in [0.25, 0.3) is 0 Å².